The van der Waals surface area contributed by atoms with Gasteiger partial charge in [-0.15, -0.1) is 5.10 Å². The summed E-state index contributed by atoms with van der Waals surface area (Å²) in [6.45, 7) is 0.303. The van der Waals surface area contributed by atoms with Gasteiger partial charge < -0.3 is 5.11 Å². The van der Waals surface area contributed by atoms with Gasteiger partial charge in [0.15, 0.2) is 0 Å². The number of aromatic nitrogens is 4. The molecule has 0 spiro atoms. The predicted molar refractivity (Wildman–Crippen MR) is 54.7 cm³/mol. The fourth-order valence-electron chi connectivity index (χ4n) is 1.38. The molecule has 0 amide bonds. The van der Waals surface area contributed by atoms with Crippen molar-refractivity contribution < 1.29 is 14.3 Å². The number of nitrogens with zero attached hydrogens (tertiary/aromatic N) is 4. The van der Waals surface area contributed by atoms with Gasteiger partial charge in [-0.3, -0.25) is 9.78 Å². The maximum Gasteiger partial charge on any atom is 0.309 e. The van der Waals surface area contributed by atoms with Crippen LogP contribution in [0.1, 0.15) is 11.3 Å². The summed E-state index contributed by atoms with van der Waals surface area (Å²) in [5.74, 6) is -1.39. The lowest BCUT2D eigenvalue weighted by molar-refractivity contribution is -0.136. The number of carbonyl (C=O) groups is 1. The van der Waals surface area contributed by atoms with Gasteiger partial charge in [-0.1, -0.05) is 5.21 Å². The van der Waals surface area contributed by atoms with Crippen LogP contribution in [0.4, 0.5) is 4.39 Å². The third kappa shape index (κ3) is 3.07. The van der Waals surface area contributed by atoms with Crippen LogP contribution in [0, 0.1) is 5.82 Å². The summed E-state index contributed by atoms with van der Waals surface area (Å²) in [5.41, 5.74) is 0.999. The van der Waals surface area contributed by atoms with Gasteiger partial charge in [-0.25, -0.2) is 9.07 Å². The largest absolute Gasteiger partial charge is 0.481 e. The van der Waals surface area contributed by atoms with Crippen LogP contribution in [0.25, 0.3) is 0 Å². The lowest BCUT2D eigenvalue weighted by Gasteiger charge is -1.99. The highest BCUT2D eigenvalue weighted by atomic mass is 19.1. The van der Waals surface area contributed by atoms with Crippen molar-refractivity contribution in [2.75, 3.05) is 0 Å². The fraction of sp³-hybridized carbons (Fsp3) is 0.200. The van der Waals surface area contributed by atoms with Crippen LogP contribution in [-0.4, -0.2) is 31.1 Å². The minimum absolute atomic E-state index is 0.179. The highest BCUT2D eigenvalue weighted by molar-refractivity contribution is 5.69. The Morgan fingerprint density at radius 3 is 3.00 bits per heavy atom. The van der Waals surface area contributed by atoms with Gasteiger partial charge in [0.2, 0.25) is 0 Å². The Bertz CT molecular complexity index is 541. The number of rotatable bonds is 4. The van der Waals surface area contributed by atoms with Gasteiger partial charge in [0.25, 0.3) is 0 Å². The van der Waals surface area contributed by atoms with E-state index in [2.05, 4.69) is 15.3 Å². The zero-order valence-electron chi connectivity index (χ0n) is 8.75. The van der Waals surface area contributed by atoms with Crippen molar-refractivity contribution in [3.8, 4) is 0 Å². The number of halogens is 1. The number of hydrogen-bond acceptors (Lipinski definition) is 4. The van der Waals surface area contributed by atoms with E-state index in [1.165, 1.54) is 23.1 Å². The number of carboxylic acids is 1. The summed E-state index contributed by atoms with van der Waals surface area (Å²) in [6, 6.07) is 1.34. The van der Waals surface area contributed by atoms with Crippen LogP contribution in [0.2, 0.25) is 0 Å². The summed E-state index contributed by atoms with van der Waals surface area (Å²) >= 11 is 0. The molecule has 2 aromatic heterocycles. The van der Waals surface area contributed by atoms with Crippen molar-refractivity contribution in [1.82, 2.24) is 20.0 Å². The molecule has 0 radical (unpaired) electrons. The first-order valence-electron chi connectivity index (χ1n) is 4.84. The first kappa shape index (κ1) is 11.2. The molecular formula is C10H9FN4O2. The normalized spacial score (nSPS) is 10.4. The van der Waals surface area contributed by atoms with Crippen LogP contribution in [0.5, 0.6) is 0 Å². The topological polar surface area (TPSA) is 80.9 Å². The zero-order valence-corrected chi connectivity index (χ0v) is 8.75. The molecule has 0 aliphatic heterocycles. The van der Waals surface area contributed by atoms with Crippen LogP contribution < -0.4 is 0 Å². The molecule has 7 heteroatoms. The molecule has 0 saturated heterocycles. The molecule has 88 valence electrons. The van der Waals surface area contributed by atoms with Gasteiger partial charge in [-0.05, 0) is 11.6 Å². The Hall–Kier alpha value is -2.31. The molecule has 0 bridgehead atoms. The van der Waals surface area contributed by atoms with Crippen LogP contribution in [0.15, 0.2) is 24.7 Å². The quantitative estimate of drug-likeness (QED) is 0.835. The van der Waals surface area contributed by atoms with Crippen LogP contribution in [0.3, 0.4) is 0 Å². The zero-order chi connectivity index (χ0) is 12.3. The molecule has 0 saturated carbocycles. The number of hydrogen-bond donors (Lipinski definition) is 1. The van der Waals surface area contributed by atoms with Gasteiger partial charge >= 0.3 is 5.97 Å². The van der Waals surface area contributed by atoms with E-state index in [1.54, 1.807) is 0 Å². The van der Waals surface area contributed by atoms with E-state index in [0.29, 0.717) is 17.8 Å². The second kappa shape index (κ2) is 4.69. The second-order valence-corrected chi connectivity index (χ2v) is 3.49. The van der Waals surface area contributed by atoms with E-state index in [1.807, 2.05) is 0 Å². The molecule has 0 aliphatic rings. The standard InChI is InChI=1S/C10H9FN4O2/c11-8-1-7(3-12-4-8)5-15-6-9(13-14-15)2-10(16)17/h1,3-4,6H,2,5H2,(H,16,17). The molecule has 2 heterocycles. The van der Waals surface area contributed by atoms with Crippen molar-refractivity contribution in [3.05, 3.63) is 41.7 Å². The maximum atomic E-state index is 12.9. The van der Waals surface area contributed by atoms with Crippen molar-refractivity contribution in [3.63, 3.8) is 0 Å². The van der Waals surface area contributed by atoms with Crippen LogP contribution >= 0.6 is 0 Å². The SMILES string of the molecule is O=C(O)Cc1cn(Cc2cncc(F)c2)nn1. The molecule has 0 unspecified atom stereocenters. The summed E-state index contributed by atoms with van der Waals surface area (Å²) in [5, 5.41) is 16.0. The first-order chi connectivity index (χ1) is 8.13. The van der Waals surface area contributed by atoms with Crippen molar-refractivity contribution in [2.24, 2.45) is 0 Å². The fourth-order valence-corrected chi connectivity index (χ4v) is 1.38. The maximum absolute atomic E-state index is 12.9. The van der Waals surface area contributed by atoms with E-state index in [9.17, 15) is 9.18 Å². The Balaban J connectivity index is 2.08. The molecule has 17 heavy (non-hydrogen) atoms. The molecule has 6 nitrogen and oxygen atoms in total. The van der Waals surface area contributed by atoms with Crippen molar-refractivity contribution in [2.45, 2.75) is 13.0 Å². The molecule has 0 aliphatic carbocycles. The summed E-state index contributed by atoms with van der Waals surface area (Å²) < 4.78 is 14.3. The Morgan fingerprint density at radius 2 is 2.29 bits per heavy atom. The molecule has 2 aromatic rings. The summed E-state index contributed by atoms with van der Waals surface area (Å²) in [6.07, 6.45) is 3.96. The lowest BCUT2D eigenvalue weighted by atomic mass is 10.3. The van der Waals surface area contributed by atoms with E-state index in [0.717, 1.165) is 6.20 Å². The average Bonchev–Trinajstić information content (AvgIpc) is 2.64. The second-order valence-electron chi connectivity index (χ2n) is 3.49. The smallest absolute Gasteiger partial charge is 0.309 e. The molecule has 0 atom stereocenters. The van der Waals surface area contributed by atoms with E-state index < -0.39 is 11.8 Å². The van der Waals surface area contributed by atoms with Crippen LogP contribution in [-0.2, 0) is 17.8 Å². The highest BCUT2D eigenvalue weighted by Crippen LogP contribution is 2.03. The summed E-state index contributed by atoms with van der Waals surface area (Å²) in [7, 11) is 0. The number of pyridine rings is 1. The first-order valence-corrected chi connectivity index (χ1v) is 4.84. The van der Waals surface area contributed by atoms with E-state index in [-0.39, 0.29) is 6.42 Å². The molecule has 2 rings (SSSR count). The highest BCUT2D eigenvalue weighted by Gasteiger charge is 2.06. The molecule has 1 N–H and O–H groups in total. The van der Waals surface area contributed by atoms with E-state index >= 15 is 0 Å². The lowest BCUT2D eigenvalue weighted by Crippen LogP contribution is -2.01. The average molecular weight is 236 g/mol. The minimum atomic E-state index is -0.968. The number of carboxylic acid groups (broad SMARTS) is 1. The van der Waals surface area contributed by atoms with Gasteiger partial charge in [0, 0.05) is 12.4 Å². The molecule has 0 fully saturated rings. The third-order valence-electron chi connectivity index (χ3n) is 2.02. The third-order valence-corrected chi connectivity index (χ3v) is 2.02. The Labute approximate surface area is 95.7 Å². The van der Waals surface area contributed by atoms with Gasteiger partial charge in [-0.2, -0.15) is 0 Å². The van der Waals surface area contributed by atoms with Gasteiger partial charge in [0.05, 0.1) is 24.9 Å². The Kier molecular flexibility index (Phi) is 3.08. The van der Waals surface area contributed by atoms with Crippen molar-refractivity contribution >= 4 is 5.97 Å². The van der Waals surface area contributed by atoms with E-state index in [4.69, 9.17) is 5.11 Å². The monoisotopic (exact) mass is 236 g/mol. The molecule has 0 aromatic carbocycles. The predicted octanol–water partition coefficient (Wildman–Crippen LogP) is 0.488. The Morgan fingerprint density at radius 1 is 1.47 bits per heavy atom. The van der Waals surface area contributed by atoms with Crippen molar-refractivity contribution in [1.29, 1.82) is 0 Å². The van der Waals surface area contributed by atoms with Gasteiger partial charge in [0.1, 0.15) is 5.82 Å². The number of aliphatic carboxylic acids is 1. The minimum Gasteiger partial charge on any atom is -0.481 e. The molecular weight excluding hydrogens is 227 g/mol. The summed E-state index contributed by atoms with van der Waals surface area (Å²) in [4.78, 5) is 14.1.